The maximum Gasteiger partial charge on any atom is 0.254 e. The second kappa shape index (κ2) is 7.79. The molecule has 0 bridgehead atoms. The van der Waals surface area contributed by atoms with Crippen LogP contribution in [0.1, 0.15) is 32.7 Å². The number of benzene rings is 2. The summed E-state index contributed by atoms with van der Waals surface area (Å²) in [5.74, 6) is 4.50. The summed E-state index contributed by atoms with van der Waals surface area (Å²) in [6, 6.07) is 14.1. The van der Waals surface area contributed by atoms with Crippen molar-refractivity contribution in [3.05, 3.63) is 80.6 Å². The van der Waals surface area contributed by atoms with E-state index in [2.05, 4.69) is 17.9 Å². The number of nitrogens with two attached hydrogens (primary N) is 1. The molecule has 0 aliphatic carbocycles. The number of amides is 1. The van der Waals surface area contributed by atoms with E-state index in [1.54, 1.807) is 54.1 Å². The Kier molecular flexibility index (Phi) is 5.26. The maximum atomic E-state index is 13.0. The Balaban J connectivity index is 2.22. The molecule has 138 valence electrons. The summed E-state index contributed by atoms with van der Waals surface area (Å²) in [7, 11) is 1.77. The minimum absolute atomic E-state index is 0.0633. The van der Waals surface area contributed by atoms with E-state index in [1.165, 1.54) is 0 Å². The molecule has 0 unspecified atom stereocenters. The zero-order chi connectivity index (χ0) is 20.3. The van der Waals surface area contributed by atoms with Gasteiger partial charge in [-0.3, -0.25) is 9.59 Å². The molecule has 1 aromatic heterocycles. The first-order valence-electron chi connectivity index (χ1n) is 8.50. The van der Waals surface area contributed by atoms with Gasteiger partial charge in [-0.1, -0.05) is 24.0 Å². The number of nitriles is 1. The summed E-state index contributed by atoms with van der Waals surface area (Å²) in [5, 5.41) is 18.1. The van der Waals surface area contributed by atoms with Crippen LogP contribution in [0, 0.1) is 23.2 Å². The molecule has 0 aliphatic rings. The van der Waals surface area contributed by atoms with Crippen molar-refractivity contribution in [3.8, 4) is 17.9 Å². The van der Waals surface area contributed by atoms with E-state index in [0.29, 0.717) is 34.1 Å². The summed E-state index contributed by atoms with van der Waals surface area (Å²) in [5.41, 5.74) is 8.12. The number of carbonyl (C=O) groups excluding carboxylic acids is 1. The molecule has 0 saturated heterocycles. The number of fused-ring (bicyclic) bond motifs is 1. The Hall–Kier alpha value is -3.87. The van der Waals surface area contributed by atoms with Crippen molar-refractivity contribution < 1.29 is 9.90 Å². The van der Waals surface area contributed by atoms with E-state index in [1.807, 2.05) is 0 Å². The molecule has 3 rings (SSSR count). The van der Waals surface area contributed by atoms with Crippen molar-refractivity contribution in [1.29, 1.82) is 5.26 Å². The van der Waals surface area contributed by atoms with Gasteiger partial charge in [0.1, 0.15) is 12.2 Å². The van der Waals surface area contributed by atoms with Crippen LogP contribution >= 0.6 is 0 Å². The van der Waals surface area contributed by atoms with Gasteiger partial charge in [-0.15, -0.1) is 0 Å². The molecule has 2 aromatic carbocycles. The average Bonchev–Trinajstić information content (AvgIpc) is 2.70. The minimum atomic E-state index is -0.794. The Morgan fingerprint density at radius 3 is 2.46 bits per heavy atom. The molecule has 1 amide bonds. The summed E-state index contributed by atoms with van der Waals surface area (Å²) in [6.45, 7) is -0.286. The molecule has 6 nitrogen and oxygen atoms in total. The van der Waals surface area contributed by atoms with Gasteiger partial charge in [-0.2, -0.15) is 5.26 Å². The van der Waals surface area contributed by atoms with E-state index in [-0.39, 0.29) is 12.2 Å². The number of aliphatic hydroxyl groups excluding tert-OH is 1. The number of hydrogen-bond acceptors (Lipinski definition) is 4. The second-order valence-electron chi connectivity index (χ2n) is 6.25. The van der Waals surface area contributed by atoms with Crippen LogP contribution in [0.4, 0.5) is 0 Å². The fraction of sp³-hybridized carbons (Fsp3) is 0.136. The van der Waals surface area contributed by atoms with Crippen LogP contribution in [0.3, 0.4) is 0 Å². The van der Waals surface area contributed by atoms with Crippen molar-refractivity contribution in [3.63, 3.8) is 0 Å². The van der Waals surface area contributed by atoms with Gasteiger partial charge in [-0.25, -0.2) is 0 Å². The molecule has 6 heteroatoms. The van der Waals surface area contributed by atoms with Crippen LogP contribution in [0.5, 0.6) is 0 Å². The van der Waals surface area contributed by atoms with Crippen LogP contribution in [-0.2, 0) is 13.5 Å². The number of primary amides is 1. The summed E-state index contributed by atoms with van der Waals surface area (Å²) >= 11 is 0. The molecule has 0 spiro atoms. The third-order valence-corrected chi connectivity index (χ3v) is 4.54. The van der Waals surface area contributed by atoms with Crippen molar-refractivity contribution in [2.45, 2.75) is 6.42 Å². The van der Waals surface area contributed by atoms with Crippen molar-refractivity contribution in [1.82, 2.24) is 4.57 Å². The lowest BCUT2D eigenvalue weighted by molar-refractivity contribution is 0.0998. The maximum absolute atomic E-state index is 13.0. The minimum Gasteiger partial charge on any atom is -0.384 e. The average molecular weight is 371 g/mol. The van der Waals surface area contributed by atoms with Gasteiger partial charge in [0.05, 0.1) is 17.1 Å². The SMILES string of the molecule is Cn1c(Cc2ccc(C#N)cc2)c(C(N)=O)c(=O)c2cc(C#CCO)ccc21. The van der Waals surface area contributed by atoms with E-state index >= 15 is 0 Å². The number of aromatic nitrogens is 1. The molecule has 0 atom stereocenters. The van der Waals surface area contributed by atoms with Crippen LogP contribution in [0.2, 0.25) is 0 Å². The van der Waals surface area contributed by atoms with E-state index in [0.717, 1.165) is 5.56 Å². The Labute approximate surface area is 161 Å². The van der Waals surface area contributed by atoms with E-state index in [4.69, 9.17) is 16.1 Å². The Morgan fingerprint density at radius 1 is 1.18 bits per heavy atom. The third-order valence-electron chi connectivity index (χ3n) is 4.54. The molecular weight excluding hydrogens is 354 g/mol. The van der Waals surface area contributed by atoms with E-state index < -0.39 is 11.3 Å². The van der Waals surface area contributed by atoms with Crippen molar-refractivity contribution >= 4 is 16.8 Å². The fourth-order valence-corrected chi connectivity index (χ4v) is 3.16. The molecule has 0 radical (unpaired) electrons. The van der Waals surface area contributed by atoms with Gasteiger partial charge in [-0.05, 0) is 35.9 Å². The van der Waals surface area contributed by atoms with Crippen molar-refractivity contribution in [2.75, 3.05) is 6.61 Å². The molecule has 0 aliphatic heterocycles. The molecular formula is C22H17N3O3. The second-order valence-corrected chi connectivity index (χ2v) is 6.25. The smallest absolute Gasteiger partial charge is 0.254 e. The quantitative estimate of drug-likeness (QED) is 0.679. The van der Waals surface area contributed by atoms with Gasteiger partial charge in [0.25, 0.3) is 5.91 Å². The first kappa shape index (κ1) is 18.9. The van der Waals surface area contributed by atoms with E-state index in [9.17, 15) is 9.59 Å². The zero-order valence-electron chi connectivity index (χ0n) is 15.2. The number of aryl methyl sites for hydroxylation is 1. The topological polar surface area (TPSA) is 109 Å². The lowest BCUT2D eigenvalue weighted by atomic mass is 9.99. The largest absolute Gasteiger partial charge is 0.384 e. The number of rotatable bonds is 3. The summed E-state index contributed by atoms with van der Waals surface area (Å²) in [4.78, 5) is 25.1. The predicted molar refractivity (Wildman–Crippen MR) is 106 cm³/mol. The van der Waals surface area contributed by atoms with Crippen LogP contribution in [0.15, 0.2) is 47.3 Å². The number of hydrogen-bond donors (Lipinski definition) is 2. The highest BCUT2D eigenvalue weighted by atomic mass is 16.2. The van der Waals surface area contributed by atoms with Gasteiger partial charge in [0.2, 0.25) is 5.43 Å². The first-order valence-corrected chi connectivity index (χ1v) is 8.50. The van der Waals surface area contributed by atoms with Crippen molar-refractivity contribution in [2.24, 2.45) is 12.8 Å². The standard InChI is InChI=1S/C22H17N3O3/c1-25-18-9-8-14(3-2-10-26)11-17(18)21(27)20(22(24)28)19(25)12-15-4-6-16(13-23)7-5-15/h4-9,11,26H,10,12H2,1H3,(H2,24,28). The zero-order valence-corrected chi connectivity index (χ0v) is 15.2. The Morgan fingerprint density at radius 2 is 1.86 bits per heavy atom. The summed E-state index contributed by atoms with van der Waals surface area (Å²) in [6.07, 6.45) is 0.317. The molecule has 28 heavy (non-hydrogen) atoms. The molecule has 1 heterocycles. The van der Waals surface area contributed by atoms with Gasteiger partial charge >= 0.3 is 0 Å². The number of aliphatic hydroxyl groups is 1. The van der Waals surface area contributed by atoms with Crippen LogP contribution < -0.4 is 11.2 Å². The number of nitrogens with zero attached hydrogens (tertiary/aromatic N) is 2. The predicted octanol–water partition coefficient (Wildman–Crippen LogP) is 1.44. The van der Waals surface area contributed by atoms with Gasteiger partial charge in [0, 0.05) is 30.1 Å². The lowest BCUT2D eigenvalue weighted by Crippen LogP contribution is -2.28. The summed E-state index contributed by atoms with van der Waals surface area (Å²) < 4.78 is 1.78. The third kappa shape index (κ3) is 3.50. The van der Waals surface area contributed by atoms with Gasteiger partial charge < -0.3 is 15.4 Å². The first-order chi connectivity index (χ1) is 13.5. The highest BCUT2D eigenvalue weighted by molar-refractivity contribution is 5.98. The monoisotopic (exact) mass is 371 g/mol. The fourth-order valence-electron chi connectivity index (χ4n) is 3.16. The van der Waals surface area contributed by atoms with Gasteiger partial charge in [0.15, 0.2) is 0 Å². The molecule has 0 fully saturated rings. The Bertz CT molecular complexity index is 1240. The molecule has 3 aromatic rings. The van der Waals surface area contributed by atoms with Crippen LogP contribution in [-0.4, -0.2) is 22.2 Å². The number of pyridine rings is 1. The normalized spacial score (nSPS) is 10.2. The highest BCUT2D eigenvalue weighted by Gasteiger charge is 2.19. The van der Waals surface area contributed by atoms with Crippen LogP contribution in [0.25, 0.3) is 10.9 Å². The lowest BCUT2D eigenvalue weighted by Gasteiger charge is -2.16. The molecule has 0 saturated carbocycles. The highest BCUT2D eigenvalue weighted by Crippen LogP contribution is 2.20. The number of carbonyl (C=O) groups is 1. The molecule has 3 N–H and O–H groups in total.